The number of hydrogen-bond acceptors (Lipinski definition) is 2. The maximum Gasteiger partial charge on any atom is 0.0233 e. The van der Waals surface area contributed by atoms with Crippen molar-refractivity contribution < 1.29 is 0 Å². The van der Waals surface area contributed by atoms with E-state index in [-0.39, 0.29) is 0 Å². The van der Waals surface area contributed by atoms with Gasteiger partial charge in [0.2, 0.25) is 0 Å². The molecule has 0 radical (unpaired) electrons. The Hall–Kier alpha value is -0.860. The molecule has 0 bridgehead atoms. The van der Waals surface area contributed by atoms with Crippen LogP contribution in [0.1, 0.15) is 48.8 Å². The largest absolute Gasteiger partial charge is 0.328 e. The average molecular weight is 258 g/mol. The maximum absolute atomic E-state index is 5.99. The van der Waals surface area contributed by atoms with Gasteiger partial charge in [-0.15, -0.1) is 0 Å². The Morgan fingerprint density at radius 1 is 1.11 bits per heavy atom. The van der Waals surface area contributed by atoms with Crippen LogP contribution in [0.3, 0.4) is 0 Å². The van der Waals surface area contributed by atoms with E-state index in [1.165, 1.54) is 50.5 Å². The van der Waals surface area contributed by atoms with Crippen LogP contribution in [0.15, 0.2) is 18.2 Å². The first kappa shape index (κ1) is 13.1. The SMILES string of the molecule is CN(Cc1ccc2c(c1)CCC2)C1CCC(N)CC1. The lowest BCUT2D eigenvalue weighted by molar-refractivity contribution is 0.176. The van der Waals surface area contributed by atoms with Gasteiger partial charge in [-0.1, -0.05) is 18.2 Å². The first-order valence-electron chi connectivity index (χ1n) is 7.79. The van der Waals surface area contributed by atoms with Gasteiger partial charge in [-0.05, 0) is 68.7 Å². The molecule has 0 saturated heterocycles. The van der Waals surface area contributed by atoms with E-state index in [1.807, 2.05) is 0 Å². The highest BCUT2D eigenvalue weighted by atomic mass is 15.1. The highest BCUT2D eigenvalue weighted by Crippen LogP contribution is 2.25. The Balaban J connectivity index is 1.61. The van der Waals surface area contributed by atoms with Crippen LogP contribution in [0.5, 0.6) is 0 Å². The molecule has 0 spiro atoms. The van der Waals surface area contributed by atoms with E-state index in [0.717, 1.165) is 12.6 Å². The molecule has 104 valence electrons. The zero-order chi connectivity index (χ0) is 13.2. The van der Waals surface area contributed by atoms with Crippen LogP contribution < -0.4 is 5.73 Å². The van der Waals surface area contributed by atoms with Gasteiger partial charge >= 0.3 is 0 Å². The summed E-state index contributed by atoms with van der Waals surface area (Å²) < 4.78 is 0. The second kappa shape index (κ2) is 5.64. The lowest BCUT2D eigenvalue weighted by atomic mass is 9.91. The molecule has 1 aromatic rings. The van der Waals surface area contributed by atoms with Gasteiger partial charge in [-0.2, -0.15) is 0 Å². The van der Waals surface area contributed by atoms with E-state index in [4.69, 9.17) is 5.73 Å². The van der Waals surface area contributed by atoms with Crippen molar-refractivity contribution in [3.05, 3.63) is 34.9 Å². The van der Waals surface area contributed by atoms with E-state index >= 15 is 0 Å². The van der Waals surface area contributed by atoms with Crippen molar-refractivity contribution in [2.45, 2.75) is 63.6 Å². The zero-order valence-corrected chi connectivity index (χ0v) is 12.1. The number of hydrogen-bond donors (Lipinski definition) is 1. The minimum absolute atomic E-state index is 0.449. The maximum atomic E-state index is 5.99. The van der Waals surface area contributed by atoms with Gasteiger partial charge in [0.25, 0.3) is 0 Å². The Morgan fingerprint density at radius 2 is 1.84 bits per heavy atom. The summed E-state index contributed by atoms with van der Waals surface area (Å²) in [5.41, 5.74) is 10.6. The van der Waals surface area contributed by atoms with Gasteiger partial charge in [0.15, 0.2) is 0 Å². The number of benzene rings is 1. The summed E-state index contributed by atoms with van der Waals surface area (Å²) in [7, 11) is 2.27. The van der Waals surface area contributed by atoms with Crippen molar-refractivity contribution in [1.29, 1.82) is 0 Å². The third-order valence-electron chi connectivity index (χ3n) is 4.96. The van der Waals surface area contributed by atoms with Gasteiger partial charge in [0.05, 0.1) is 0 Å². The fourth-order valence-electron chi connectivity index (χ4n) is 3.68. The summed E-state index contributed by atoms with van der Waals surface area (Å²) in [4.78, 5) is 2.53. The van der Waals surface area contributed by atoms with E-state index in [1.54, 1.807) is 11.1 Å². The Labute approximate surface area is 117 Å². The second-order valence-corrected chi connectivity index (χ2v) is 6.44. The van der Waals surface area contributed by atoms with Crippen molar-refractivity contribution in [3.63, 3.8) is 0 Å². The van der Waals surface area contributed by atoms with Crippen molar-refractivity contribution in [2.24, 2.45) is 5.73 Å². The van der Waals surface area contributed by atoms with Crippen molar-refractivity contribution in [3.8, 4) is 0 Å². The number of nitrogens with zero attached hydrogens (tertiary/aromatic N) is 1. The van der Waals surface area contributed by atoms with Gasteiger partial charge in [-0.3, -0.25) is 4.90 Å². The topological polar surface area (TPSA) is 29.3 Å². The molecule has 2 nitrogen and oxygen atoms in total. The van der Waals surface area contributed by atoms with E-state index in [0.29, 0.717) is 6.04 Å². The predicted octanol–water partition coefficient (Wildman–Crippen LogP) is 2.88. The molecule has 3 rings (SSSR count). The molecule has 0 aliphatic heterocycles. The second-order valence-electron chi connectivity index (χ2n) is 6.44. The normalized spacial score (nSPS) is 26.7. The minimum atomic E-state index is 0.449. The monoisotopic (exact) mass is 258 g/mol. The molecular weight excluding hydrogens is 232 g/mol. The molecule has 0 atom stereocenters. The van der Waals surface area contributed by atoms with E-state index < -0.39 is 0 Å². The fraction of sp³-hybridized carbons (Fsp3) is 0.647. The smallest absolute Gasteiger partial charge is 0.0233 e. The first-order valence-corrected chi connectivity index (χ1v) is 7.79. The predicted molar refractivity (Wildman–Crippen MR) is 80.2 cm³/mol. The van der Waals surface area contributed by atoms with Crippen LogP contribution in [0.25, 0.3) is 0 Å². The molecule has 2 aliphatic carbocycles. The number of fused-ring (bicyclic) bond motifs is 1. The number of nitrogens with two attached hydrogens (primary N) is 1. The van der Waals surface area contributed by atoms with Crippen LogP contribution >= 0.6 is 0 Å². The lowest BCUT2D eigenvalue weighted by Crippen LogP contribution is -2.38. The lowest BCUT2D eigenvalue weighted by Gasteiger charge is -2.33. The van der Waals surface area contributed by atoms with Crippen molar-refractivity contribution in [1.82, 2.24) is 4.90 Å². The summed E-state index contributed by atoms with van der Waals surface area (Å²) in [6.45, 7) is 1.09. The van der Waals surface area contributed by atoms with Gasteiger partial charge in [0.1, 0.15) is 0 Å². The molecule has 1 fully saturated rings. The number of aryl methyl sites for hydroxylation is 2. The van der Waals surface area contributed by atoms with Crippen LogP contribution in [0.2, 0.25) is 0 Å². The molecular formula is C17H26N2. The fourth-order valence-corrected chi connectivity index (χ4v) is 3.68. The van der Waals surface area contributed by atoms with Gasteiger partial charge < -0.3 is 5.73 Å². The summed E-state index contributed by atoms with van der Waals surface area (Å²) in [6, 6.07) is 8.29. The summed E-state index contributed by atoms with van der Waals surface area (Å²) >= 11 is 0. The molecule has 0 amide bonds. The molecule has 0 heterocycles. The van der Waals surface area contributed by atoms with E-state index in [2.05, 4.69) is 30.1 Å². The van der Waals surface area contributed by atoms with E-state index in [9.17, 15) is 0 Å². The van der Waals surface area contributed by atoms with Crippen LogP contribution in [-0.2, 0) is 19.4 Å². The molecule has 0 aromatic heterocycles. The van der Waals surface area contributed by atoms with Gasteiger partial charge in [-0.25, -0.2) is 0 Å². The standard InChI is InChI=1S/C17H26N2/c1-19(17-9-7-16(18)8-10-17)12-13-5-6-14-3-2-4-15(14)11-13/h5-6,11,16-17H,2-4,7-10,12,18H2,1H3. The van der Waals surface area contributed by atoms with Crippen LogP contribution in [-0.4, -0.2) is 24.0 Å². The average Bonchev–Trinajstić information content (AvgIpc) is 2.87. The van der Waals surface area contributed by atoms with Crippen molar-refractivity contribution in [2.75, 3.05) is 7.05 Å². The highest BCUT2D eigenvalue weighted by Gasteiger charge is 2.22. The molecule has 1 aromatic carbocycles. The van der Waals surface area contributed by atoms with Crippen LogP contribution in [0.4, 0.5) is 0 Å². The summed E-state index contributed by atoms with van der Waals surface area (Å²) in [6.07, 6.45) is 8.83. The summed E-state index contributed by atoms with van der Waals surface area (Å²) in [5.74, 6) is 0. The van der Waals surface area contributed by atoms with Crippen LogP contribution in [0, 0.1) is 0 Å². The molecule has 2 aliphatic rings. The molecule has 2 N–H and O–H groups in total. The molecule has 2 heteroatoms. The number of rotatable bonds is 3. The highest BCUT2D eigenvalue weighted by molar-refractivity contribution is 5.35. The third-order valence-corrected chi connectivity index (χ3v) is 4.96. The summed E-state index contributed by atoms with van der Waals surface area (Å²) in [5, 5.41) is 0. The zero-order valence-electron chi connectivity index (χ0n) is 12.1. The molecule has 19 heavy (non-hydrogen) atoms. The third kappa shape index (κ3) is 3.01. The first-order chi connectivity index (χ1) is 9.22. The van der Waals surface area contributed by atoms with Gasteiger partial charge in [0, 0.05) is 18.6 Å². The van der Waals surface area contributed by atoms with Crippen molar-refractivity contribution >= 4 is 0 Å². The minimum Gasteiger partial charge on any atom is -0.328 e. The Morgan fingerprint density at radius 3 is 2.63 bits per heavy atom. The molecule has 0 unspecified atom stereocenters. The molecule has 1 saturated carbocycles. The quantitative estimate of drug-likeness (QED) is 0.903. The Kier molecular flexibility index (Phi) is 3.90. The Bertz CT molecular complexity index is 433.